The molecule has 2 aromatic carbocycles. The lowest BCUT2D eigenvalue weighted by molar-refractivity contribution is -0.138. The van der Waals surface area contributed by atoms with E-state index in [4.69, 9.17) is 9.52 Å². The van der Waals surface area contributed by atoms with Gasteiger partial charge < -0.3 is 9.52 Å². The van der Waals surface area contributed by atoms with Crippen LogP contribution in [0.3, 0.4) is 0 Å². The summed E-state index contributed by atoms with van der Waals surface area (Å²) in [6.07, 6.45) is 0.362. The summed E-state index contributed by atoms with van der Waals surface area (Å²) in [6.45, 7) is 0. The van der Waals surface area contributed by atoms with E-state index in [1.54, 1.807) is 12.1 Å². The van der Waals surface area contributed by atoms with Gasteiger partial charge >= 0.3 is 5.97 Å². The molecule has 1 aromatic heterocycles. The van der Waals surface area contributed by atoms with Gasteiger partial charge in [-0.1, -0.05) is 18.2 Å². The van der Waals surface area contributed by atoms with Gasteiger partial charge in [0.25, 0.3) is 0 Å². The van der Waals surface area contributed by atoms with Crippen LogP contribution in [0, 0.1) is 0 Å². The molecule has 0 fully saturated rings. The lowest BCUT2D eigenvalue weighted by atomic mass is 10.0. The predicted molar refractivity (Wildman–Crippen MR) is 92.1 cm³/mol. The lowest BCUT2D eigenvalue weighted by Crippen LogP contribution is -2.41. The maximum atomic E-state index is 12.4. The second-order valence-electron chi connectivity index (χ2n) is 5.72. The van der Waals surface area contributed by atoms with Crippen molar-refractivity contribution in [3.05, 3.63) is 48.0 Å². The van der Waals surface area contributed by atoms with Crippen LogP contribution in [0.5, 0.6) is 0 Å². The molecule has 0 saturated heterocycles. The first-order chi connectivity index (χ1) is 11.7. The molecule has 0 bridgehead atoms. The van der Waals surface area contributed by atoms with Crippen molar-refractivity contribution >= 4 is 43.7 Å². The molecule has 0 aliphatic rings. The van der Waals surface area contributed by atoms with Crippen molar-refractivity contribution in [3.63, 3.8) is 0 Å². The predicted octanol–water partition coefficient (Wildman–Crippen LogP) is 2.16. The third-order valence-corrected chi connectivity index (χ3v) is 4.46. The molecule has 1 heterocycles. The first-order valence-corrected chi connectivity index (χ1v) is 9.28. The molecule has 3 rings (SSSR count). The molecule has 2 N–H and O–H groups in total. The van der Waals surface area contributed by atoms with Gasteiger partial charge in [-0.2, -0.15) is 0 Å². The van der Waals surface area contributed by atoms with Crippen molar-refractivity contribution in [2.24, 2.45) is 0 Å². The van der Waals surface area contributed by atoms with Gasteiger partial charge in [-0.3, -0.25) is 9.59 Å². The minimum absolute atomic E-state index is 0.292. The number of hydrogen-bond acceptors (Lipinski definition) is 5. The van der Waals surface area contributed by atoms with Gasteiger partial charge in [-0.25, -0.2) is 13.1 Å². The maximum Gasteiger partial charge on any atom is 0.322 e. The molecule has 3 aromatic rings. The number of hydrogen-bond donors (Lipinski definition) is 2. The summed E-state index contributed by atoms with van der Waals surface area (Å²) in [4.78, 5) is 23.6. The number of fused-ring (bicyclic) bond motifs is 3. The molecule has 25 heavy (non-hydrogen) atoms. The van der Waals surface area contributed by atoms with Crippen LogP contribution in [0.4, 0.5) is 0 Å². The summed E-state index contributed by atoms with van der Waals surface area (Å²) in [5.41, 5.74) is 1.59. The summed E-state index contributed by atoms with van der Waals surface area (Å²) < 4.78 is 30.1. The Morgan fingerprint density at radius 2 is 1.80 bits per heavy atom. The number of carboxylic acid groups (broad SMARTS) is 1. The van der Waals surface area contributed by atoms with Crippen LogP contribution in [0.2, 0.25) is 0 Å². The van der Waals surface area contributed by atoms with E-state index in [-0.39, 0.29) is 0 Å². The number of furan rings is 1. The molecule has 1 atom stereocenters. The number of ketones is 1. The second kappa shape index (κ2) is 6.30. The smallest absolute Gasteiger partial charge is 0.322 e. The van der Waals surface area contributed by atoms with Crippen molar-refractivity contribution in [2.45, 2.75) is 12.5 Å². The molecule has 130 valence electrons. The van der Waals surface area contributed by atoms with Crippen molar-refractivity contribution in [1.29, 1.82) is 0 Å². The highest BCUT2D eigenvalue weighted by molar-refractivity contribution is 7.88. The normalized spacial score (nSPS) is 13.2. The monoisotopic (exact) mass is 361 g/mol. The zero-order chi connectivity index (χ0) is 18.2. The molecule has 0 spiro atoms. The van der Waals surface area contributed by atoms with Gasteiger partial charge in [-0.15, -0.1) is 0 Å². The maximum absolute atomic E-state index is 12.4. The largest absolute Gasteiger partial charge is 0.480 e. The fourth-order valence-electron chi connectivity index (χ4n) is 2.64. The molecule has 0 saturated carbocycles. The summed E-state index contributed by atoms with van der Waals surface area (Å²) in [5, 5.41) is 10.7. The van der Waals surface area contributed by atoms with Crippen molar-refractivity contribution < 1.29 is 27.5 Å². The standard InChI is InChI=1S/C17H15NO6S/c1-25(22,23)18-13(17(20)21)9-14(19)10-6-7-16-12(8-10)11-4-2-3-5-15(11)24-16/h2-8,13,18H,9H2,1H3,(H,20,21)/t13-/m0/s1. The number of para-hydroxylation sites is 1. The van der Waals surface area contributed by atoms with Gasteiger partial charge in [0, 0.05) is 22.8 Å². The minimum Gasteiger partial charge on any atom is -0.480 e. The fraction of sp³-hybridized carbons (Fsp3) is 0.176. The van der Waals surface area contributed by atoms with E-state index >= 15 is 0 Å². The Morgan fingerprint density at radius 1 is 1.12 bits per heavy atom. The quantitative estimate of drug-likeness (QED) is 0.651. The Bertz CT molecular complexity index is 1080. The Kier molecular flexibility index (Phi) is 4.32. The van der Waals surface area contributed by atoms with E-state index in [0.717, 1.165) is 17.0 Å². The van der Waals surface area contributed by atoms with E-state index in [1.165, 1.54) is 6.07 Å². The third kappa shape index (κ3) is 3.70. The number of aliphatic carboxylic acids is 1. The molecule has 0 aliphatic heterocycles. The van der Waals surface area contributed by atoms with Crippen LogP contribution >= 0.6 is 0 Å². The summed E-state index contributed by atoms with van der Waals surface area (Å²) in [7, 11) is -3.75. The van der Waals surface area contributed by atoms with Crippen LogP contribution in [-0.4, -0.2) is 37.6 Å². The number of carbonyl (C=O) groups excluding carboxylic acids is 1. The summed E-state index contributed by atoms with van der Waals surface area (Å²) in [5.74, 6) is -1.88. The highest BCUT2D eigenvalue weighted by Gasteiger charge is 2.25. The van der Waals surface area contributed by atoms with Crippen LogP contribution in [0.25, 0.3) is 21.9 Å². The molecule has 0 unspecified atom stereocenters. The zero-order valence-corrected chi connectivity index (χ0v) is 14.0. The van der Waals surface area contributed by atoms with Crippen LogP contribution in [-0.2, 0) is 14.8 Å². The molecular formula is C17H15NO6S. The minimum atomic E-state index is -3.75. The van der Waals surface area contributed by atoms with Gasteiger partial charge in [0.2, 0.25) is 10.0 Å². The van der Waals surface area contributed by atoms with Crippen LogP contribution < -0.4 is 4.72 Å². The van der Waals surface area contributed by atoms with E-state index in [0.29, 0.717) is 16.7 Å². The average molecular weight is 361 g/mol. The second-order valence-corrected chi connectivity index (χ2v) is 7.50. The Labute approximate surface area is 143 Å². The van der Waals surface area contributed by atoms with E-state index in [9.17, 15) is 18.0 Å². The van der Waals surface area contributed by atoms with Crippen molar-refractivity contribution in [2.75, 3.05) is 6.26 Å². The summed E-state index contributed by atoms with van der Waals surface area (Å²) in [6, 6.07) is 10.7. The molecular weight excluding hydrogens is 346 g/mol. The number of carboxylic acids is 1. The number of Topliss-reactive ketones (excluding diaryl/α,β-unsaturated/α-hetero) is 1. The van der Waals surface area contributed by atoms with E-state index in [2.05, 4.69) is 0 Å². The van der Waals surface area contributed by atoms with Gasteiger partial charge in [-0.05, 0) is 24.3 Å². The first kappa shape index (κ1) is 17.1. The fourth-order valence-corrected chi connectivity index (χ4v) is 3.34. The third-order valence-electron chi connectivity index (χ3n) is 3.74. The van der Waals surface area contributed by atoms with Gasteiger partial charge in [0.1, 0.15) is 17.2 Å². The van der Waals surface area contributed by atoms with Crippen LogP contribution in [0.15, 0.2) is 46.9 Å². The molecule has 0 amide bonds. The first-order valence-electron chi connectivity index (χ1n) is 7.39. The topological polar surface area (TPSA) is 114 Å². The van der Waals surface area contributed by atoms with E-state index < -0.39 is 34.2 Å². The number of rotatable bonds is 6. The average Bonchev–Trinajstić information content (AvgIpc) is 2.90. The highest BCUT2D eigenvalue weighted by Crippen LogP contribution is 2.29. The van der Waals surface area contributed by atoms with Gasteiger partial charge in [0.15, 0.2) is 5.78 Å². The Morgan fingerprint density at radius 3 is 2.48 bits per heavy atom. The van der Waals surface area contributed by atoms with Gasteiger partial charge in [0.05, 0.1) is 6.26 Å². The SMILES string of the molecule is CS(=O)(=O)N[C@@H](CC(=O)c1ccc2oc3ccccc3c2c1)C(=O)O. The van der Waals surface area contributed by atoms with E-state index in [1.807, 2.05) is 29.0 Å². The summed E-state index contributed by atoms with van der Waals surface area (Å²) >= 11 is 0. The molecule has 0 radical (unpaired) electrons. The molecule has 0 aliphatic carbocycles. The molecule has 8 heteroatoms. The highest BCUT2D eigenvalue weighted by atomic mass is 32.2. The number of carbonyl (C=O) groups is 2. The zero-order valence-electron chi connectivity index (χ0n) is 13.2. The number of benzene rings is 2. The van der Waals surface area contributed by atoms with Crippen molar-refractivity contribution in [1.82, 2.24) is 4.72 Å². The van der Waals surface area contributed by atoms with Crippen LogP contribution in [0.1, 0.15) is 16.8 Å². The lowest BCUT2D eigenvalue weighted by Gasteiger charge is -2.12. The Balaban J connectivity index is 1.93. The molecule has 7 nitrogen and oxygen atoms in total. The number of nitrogens with one attached hydrogen (secondary N) is 1. The Hall–Kier alpha value is -2.71. The number of sulfonamides is 1. The van der Waals surface area contributed by atoms with Crippen molar-refractivity contribution in [3.8, 4) is 0 Å².